The van der Waals surface area contributed by atoms with Crippen LogP contribution in [-0.4, -0.2) is 28.3 Å². The van der Waals surface area contributed by atoms with E-state index < -0.39 is 18.3 Å². The highest BCUT2D eigenvalue weighted by molar-refractivity contribution is 6.33. The summed E-state index contributed by atoms with van der Waals surface area (Å²) in [5.41, 5.74) is 2.42. The summed E-state index contributed by atoms with van der Waals surface area (Å²) in [5, 5.41) is 2.83. The van der Waals surface area contributed by atoms with Gasteiger partial charge in [-0.1, -0.05) is 29.8 Å². The minimum atomic E-state index is -2.59. The van der Waals surface area contributed by atoms with Gasteiger partial charge in [0.05, 0.1) is 17.3 Å². The minimum Gasteiger partial charge on any atom is -0.325 e. The summed E-state index contributed by atoms with van der Waals surface area (Å²) >= 11 is 6.37. The lowest BCUT2D eigenvalue weighted by molar-refractivity contribution is -0.122. The Morgan fingerprint density at radius 1 is 1.16 bits per heavy atom. The van der Waals surface area contributed by atoms with Crippen molar-refractivity contribution in [2.75, 3.05) is 16.8 Å². The number of anilines is 2. The van der Waals surface area contributed by atoms with E-state index >= 15 is 0 Å². The fraction of sp³-hybridized carbons (Fsp3) is 0.182. The molecule has 6 nitrogen and oxygen atoms in total. The number of aromatic nitrogens is 2. The fourth-order valence-electron chi connectivity index (χ4n) is 3.56. The van der Waals surface area contributed by atoms with Gasteiger partial charge < -0.3 is 10.2 Å². The summed E-state index contributed by atoms with van der Waals surface area (Å²) < 4.78 is 25.4. The monoisotopic (exact) mass is 442 g/mol. The van der Waals surface area contributed by atoms with Gasteiger partial charge in [0.15, 0.2) is 0 Å². The number of halogens is 3. The van der Waals surface area contributed by atoms with Gasteiger partial charge in [-0.25, -0.2) is 13.8 Å². The van der Waals surface area contributed by atoms with Gasteiger partial charge in [-0.2, -0.15) is 0 Å². The second-order valence-electron chi connectivity index (χ2n) is 7.05. The lowest BCUT2D eigenvalue weighted by atomic mass is 9.98. The van der Waals surface area contributed by atoms with Crippen molar-refractivity contribution in [3.8, 4) is 11.1 Å². The average molecular weight is 443 g/mol. The van der Waals surface area contributed by atoms with Crippen molar-refractivity contribution in [3.63, 3.8) is 0 Å². The van der Waals surface area contributed by atoms with Crippen LogP contribution in [0.25, 0.3) is 11.1 Å². The molecular weight excluding hydrogens is 426 g/mol. The molecule has 2 aromatic heterocycles. The van der Waals surface area contributed by atoms with Gasteiger partial charge in [0, 0.05) is 34.8 Å². The van der Waals surface area contributed by atoms with E-state index in [1.165, 1.54) is 35.4 Å². The first-order chi connectivity index (χ1) is 14.9. The van der Waals surface area contributed by atoms with E-state index in [1.54, 1.807) is 25.3 Å². The summed E-state index contributed by atoms with van der Waals surface area (Å²) in [6, 6.07) is 10.4. The number of carbonyl (C=O) groups is 2. The van der Waals surface area contributed by atoms with Crippen LogP contribution in [0.1, 0.15) is 30.5 Å². The Labute approximate surface area is 181 Å². The van der Waals surface area contributed by atoms with E-state index in [9.17, 15) is 18.4 Å². The number of benzene rings is 1. The van der Waals surface area contributed by atoms with Crippen molar-refractivity contribution in [2.45, 2.75) is 19.3 Å². The molecule has 1 aliphatic heterocycles. The van der Waals surface area contributed by atoms with Crippen molar-refractivity contribution in [1.29, 1.82) is 0 Å². The molecule has 9 heteroatoms. The minimum absolute atomic E-state index is 0.143. The molecule has 1 atom stereocenters. The Hall–Kier alpha value is -3.39. The smallest absolute Gasteiger partial charge is 0.263 e. The van der Waals surface area contributed by atoms with Crippen molar-refractivity contribution in [1.82, 2.24) is 9.97 Å². The van der Waals surface area contributed by atoms with Gasteiger partial charge in [-0.3, -0.25) is 14.6 Å². The number of fused-ring (bicyclic) bond motifs is 3. The Kier molecular flexibility index (Phi) is 5.65. The summed E-state index contributed by atoms with van der Waals surface area (Å²) in [4.78, 5) is 35.8. The van der Waals surface area contributed by atoms with Crippen molar-refractivity contribution >= 4 is 34.8 Å². The average Bonchev–Trinajstić information content (AvgIpc) is 2.84. The number of hydrogen-bond donors (Lipinski definition) is 1. The first-order valence-electron chi connectivity index (χ1n) is 9.46. The lowest BCUT2D eigenvalue weighted by Crippen LogP contribution is -2.40. The van der Waals surface area contributed by atoms with E-state index in [1.807, 2.05) is 6.07 Å². The van der Waals surface area contributed by atoms with E-state index in [2.05, 4.69) is 15.3 Å². The van der Waals surface area contributed by atoms with E-state index in [0.29, 0.717) is 28.2 Å². The predicted molar refractivity (Wildman–Crippen MR) is 113 cm³/mol. The van der Waals surface area contributed by atoms with Crippen LogP contribution >= 0.6 is 11.6 Å². The Bertz CT molecular complexity index is 1150. The second kappa shape index (κ2) is 8.39. The van der Waals surface area contributed by atoms with E-state index in [0.717, 1.165) is 0 Å². The van der Waals surface area contributed by atoms with Gasteiger partial charge in [0.25, 0.3) is 6.43 Å². The molecule has 31 heavy (non-hydrogen) atoms. The van der Waals surface area contributed by atoms with Gasteiger partial charge in [-0.15, -0.1) is 0 Å². The maximum absolute atomic E-state index is 13.2. The molecule has 4 rings (SSSR count). The maximum Gasteiger partial charge on any atom is 0.263 e. The zero-order chi connectivity index (χ0) is 22.1. The summed E-state index contributed by atoms with van der Waals surface area (Å²) in [5.74, 6) is -1.41. The third-order valence-corrected chi connectivity index (χ3v) is 5.36. The number of carbonyl (C=O) groups excluding carboxylic acids is 2. The molecule has 3 heterocycles. The molecular formula is C22H17ClF2N4O2. The molecule has 0 aliphatic carbocycles. The highest BCUT2D eigenvalue weighted by atomic mass is 35.5. The van der Waals surface area contributed by atoms with Crippen LogP contribution in [0.2, 0.25) is 5.15 Å². The first kappa shape index (κ1) is 20.9. The topological polar surface area (TPSA) is 75.2 Å². The molecule has 0 spiro atoms. The standard InChI is InChI=1S/C22H17ClF2N4O2/c1-12-19-15(3-2-9-26-19)18-16(8-10-27-20(18)23)29(22(12)31)11-17(30)28-14-6-4-13(5-7-14)21(24)25/h2-10,12,21H,11H2,1H3,(H,28,30)/t12-/m0/s1. The fourth-order valence-corrected chi connectivity index (χ4v) is 3.82. The van der Waals surface area contributed by atoms with Crippen molar-refractivity contribution in [2.24, 2.45) is 0 Å². The number of alkyl halides is 2. The molecule has 158 valence electrons. The van der Waals surface area contributed by atoms with E-state index in [-0.39, 0.29) is 23.2 Å². The van der Waals surface area contributed by atoms with Crippen LogP contribution < -0.4 is 10.2 Å². The zero-order valence-electron chi connectivity index (χ0n) is 16.3. The quantitative estimate of drug-likeness (QED) is 0.587. The van der Waals surface area contributed by atoms with Gasteiger partial charge in [-0.05, 0) is 31.2 Å². The SMILES string of the molecule is C[C@@H]1C(=O)N(CC(=O)Nc2ccc(C(F)F)cc2)c2ccnc(Cl)c2-c2cccnc21. The van der Waals surface area contributed by atoms with Gasteiger partial charge in [0.1, 0.15) is 11.7 Å². The van der Waals surface area contributed by atoms with Crippen LogP contribution in [0, 0.1) is 0 Å². The highest BCUT2D eigenvalue weighted by Crippen LogP contribution is 2.42. The maximum atomic E-state index is 13.2. The van der Waals surface area contributed by atoms with E-state index in [4.69, 9.17) is 11.6 Å². The van der Waals surface area contributed by atoms with Crippen molar-refractivity contribution in [3.05, 3.63) is 71.3 Å². The Morgan fingerprint density at radius 3 is 2.61 bits per heavy atom. The van der Waals surface area contributed by atoms with Gasteiger partial charge >= 0.3 is 0 Å². The molecule has 0 fully saturated rings. The van der Waals surface area contributed by atoms with Crippen molar-refractivity contribution < 1.29 is 18.4 Å². The molecule has 0 unspecified atom stereocenters. The van der Waals surface area contributed by atoms with Gasteiger partial charge in [0.2, 0.25) is 11.8 Å². The Morgan fingerprint density at radius 2 is 1.90 bits per heavy atom. The number of nitrogens with zero attached hydrogens (tertiary/aromatic N) is 3. The Balaban J connectivity index is 1.66. The molecule has 2 amide bonds. The lowest BCUT2D eigenvalue weighted by Gasteiger charge is -2.24. The van der Waals surface area contributed by atoms with Crippen LogP contribution in [0.4, 0.5) is 20.2 Å². The molecule has 1 aromatic carbocycles. The molecule has 0 saturated carbocycles. The number of pyridine rings is 2. The highest BCUT2D eigenvalue weighted by Gasteiger charge is 2.34. The molecule has 1 N–H and O–H groups in total. The van der Waals surface area contributed by atoms with Crippen LogP contribution in [0.5, 0.6) is 0 Å². The number of amides is 2. The number of nitrogens with one attached hydrogen (secondary N) is 1. The summed E-state index contributed by atoms with van der Waals surface area (Å²) in [6.45, 7) is 1.43. The predicted octanol–water partition coefficient (Wildman–Crippen LogP) is 4.82. The third-order valence-electron chi connectivity index (χ3n) is 5.08. The molecule has 0 saturated heterocycles. The molecule has 0 bridgehead atoms. The summed E-state index contributed by atoms with van der Waals surface area (Å²) in [6.07, 6.45) is 0.470. The number of rotatable bonds is 4. The number of hydrogen-bond acceptors (Lipinski definition) is 4. The van der Waals surface area contributed by atoms with Crippen LogP contribution in [0.3, 0.4) is 0 Å². The van der Waals surface area contributed by atoms with Crippen LogP contribution in [0.15, 0.2) is 54.9 Å². The molecule has 0 radical (unpaired) electrons. The molecule has 1 aliphatic rings. The largest absolute Gasteiger partial charge is 0.325 e. The zero-order valence-corrected chi connectivity index (χ0v) is 17.1. The van der Waals surface area contributed by atoms with Crippen LogP contribution in [-0.2, 0) is 9.59 Å². The second-order valence-corrected chi connectivity index (χ2v) is 7.41. The summed E-state index contributed by atoms with van der Waals surface area (Å²) in [7, 11) is 0. The first-order valence-corrected chi connectivity index (χ1v) is 9.83. The normalized spacial score (nSPS) is 15.3. The molecule has 3 aromatic rings. The third kappa shape index (κ3) is 3.98.